The maximum atomic E-state index is 12.0. The summed E-state index contributed by atoms with van der Waals surface area (Å²) >= 11 is 3.50. The number of carbonyl (C=O) groups is 1. The number of nitrogens with one attached hydrogen (secondary N) is 1. The van der Waals surface area contributed by atoms with Crippen molar-refractivity contribution in [3.63, 3.8) is 0 Å². The number of nitrogens with zero attached hydrogens (tertiary/aromatic N) is 1. The normalized spacial score (nSPS) is 18.6. The summed E-state index contributed by atoms with van der Waals surface area (Å²) < 4.78 is 1.03. The molecule has 1 aromatic carbocycles. The van der Waals surface area contributed by atoms with Crippen LogP contribution in [0, 0.1) is 6.92 Å². The number of benzene rings is 1. The molecule has 0 saturated carbocycles. The highest BCUT2D eigenvalue weighted by molar-refractivity contribution is 9.10. The van der Waals surface area contributed by atoms with Crippen LogP contribution in [-0.4, -0.2) is 36.9 Å². The van der Waals surface area contributed by atoms with E-state index in [1.807, 2.05) is 6.07 Å². The van der Waals surface area contributed by atoms with Crippen molar-refractivity contribution in [2.45, 2.75) is 19.9 Å². The molecule has 1 fully saturated rings. The number of halogens is 1. The molecule has 18 heavy (non-hydrogen) atoms. The molecule has 2 rings (SSSR count). The van der Waals surface area contributed by atoms with E-state index in [1.54, 1.807) is 6.92 Å². The van der Waals surface area contributed by atoms with Crippen LogP contribution >= 0.6 is 15.9 Å². The van der Waals surface area contributed by atoms with Gasteiger partial charge in [0.15, 0.2) is 5.78 Å². The molecule has 1 aromatic rings. The Morgan fingerprint density at radius 3 is 2.67 bits per heavy atom. The molecule has 4 heteroatoms. The van der Waals surface area contributed by atoms with Gasteiger partial charge in [0.05, 0.1) is 6.04 Å². The molecule has 0 spiro atoms. The first kappa shape index (κ1) is 13.7. The number of rotatable bonds is 3. The lowest BCUT2D eigenvalue weighted by Gasteiger charge is -2.34. The van der Waals surface area contributed by atoms with Crippen LogP contribution in [0.3, 0.4) is 0 Å². The van der Waals surface area contributed by atoms with Crippen molar-refractivity contribution < 1.29 is 4.79 Å². The third-order valence-electron chi connectivity index (χ3n) is 3.44. The first-order chi connectivity index (χ1) is 8.59. The summed E-state index contributed by atoms with van der Waals surface area (Å²) in [6.45, 7) is 7.52. The molecule has 0 bridgehead atoms. The standard InChI is InChI=1S/C14H19BrN2O/c1-10-3-4-12(15)9-13(10)14(11(2)18)17-7-5-16-6-8-17/h3-4,9,14,16H,5-8H2,1-2H3. The Morgan fingerprint density at radius 2 is 2.06 bits per heavy atom. The predicted octanol–water partition coefficient (Wildman–Crippen LogP) is 2.29. The number of hydrogen-bond acceptors (Lipinski definition) is 3. The Labute approximate surface area is 117 Å². The fourth-order valence-electron chi connectivity index (χ4n) is 2.52. The fraction of sp³-hybridized carbons (Fsp3) is 0.500. The van der Waals surface area contributed by atoms with E-state index >= 15 is 0 Å². The highest BCUT2D eigenvalue weighted by atomic mass is 79.9. The summed E-state index contributed by atoms with van der Waals surface area (Å²) in [4.78, 5) is 14.3. The minimum Gasteiger partial charge on any atom is -0.314 e. The van der Waals surface area contributed by atoms with Gasteiger partial charge in [-0.15, -0.1) is 0 Å². The molecular formula is C14H19BrN2O. The van der Waals surface area contributed by atoms with Crippen LogP contribution in [0.4, 0.5) is 0 Å². The molecule has 0 amide bonds. The molecule has 3 nitrogen and oxygen atoms in total. The molecule has 1 saturated heterocycles. The zero-order valence-corrected chi connectivity index (χ0v) is 12.5. The number of carbonyl (C=O) groups excluding carboxylic acids is 1. The second kappa shape index (κ2) is 5.95. The molecule has 0 aromatic heterocycles. The zero-order valence-electron chi connectivity index (χ0n) is 10.9. The largest absolute Gasteiger partial charge is 0.314 e. The molecule has 0 aliphatic carbocycles. The van der Waals surface area contributed by atoms with Crippen molar-refractivity contribution in [3.05, 3.63) is 33.8 Å². The van der Waals surface area contributed by atoms with Gasteiger partial charge >= 0.3 is 0 Å². The van der Waals surface area contributed by atoms with E-state index < -0.39 is 0 Å². The number of aryl methyl sites for hydroxylation is 1. The van der Waals surface area contributed by atoms with Gasteiger partial charge < -0.3 is 5.32 Å². The summed E-state index contributed by atoms with van der Waals surface area (Å²) in [6.07, 6.45) is 0. The van der Waals surface area contributed by atoms with Gasteiger partial charge in [-0.2, -0.15) is 0 Å². The molecule has 1 aliphatic rings. The fourth-order valence-corrected chi connectivity index (χ4v) is 2.90. The minimum atomic E-state index is -0.107. The van der Waals surface area contributed by atoms with E-state index in [1.165, 1.54) is 5.56 Å². The van der Waals surface area contributed by atoms with Crippen LogP contribution in [-0.2, 0) is 4.79 Å². The molecular weight excluding hydrogens is 292 g/mol. The van der Waals surface area contributed by atoms with Gasteiger partial charge in [0, 0.05) is 30.7 Å². The Balaban J connectivity index is 2.34. The van der Waals surface area contributed by atoms with Gasteiger partial charge in [0.25, 0.3) is 0 Å². The smallest absolute Gasteiger partial charge is 0.151 e. The third-order valence-corrected chi connectivity index (χ3v) is 3.93. The highest BCUT2D eigenvalue weighted by Gasteiger charge is 2.27. The lowest BCUT2D eigenvalue weighted by molar-refractivity contribution is -0.122. The van der Waals surface area contributed by atoms with Gasteiger partial charge in [-0.3, -0.25) is 9.69 Å². The van der Waals surface area contributed by atoms with E-state index in [4.69, 9.17) is 0 Å². The highest BCUT2D eigenvalue weighted by Crippen LogP contribution is 2.27. The number of hydrogen-bond donors (Lipinski definition) is 1. The van der Waals surface area contributed by atoms with Crippen molar-refractivity contribution in [1.29, 1.82) is 0 Å². The first-order valence-corrected chi connectivity index (χ1v) is 7.10. The van der Waals surface area contributed by atoms with Crippen molar-refractivity contribution in [1.82, 2.24) is 10.2 Å². The summed E-state index contributed by atoms with van der Waals surface area (Å²) in [6, 6.07) is 6.05. The summed E-state index contributed by atoms with van der Waals surface area (Å²) in [7, 11) is 0. The Kier molecular flexibility index (Phi) is 4.54. The molecule has 1 N–H and O–H groups in total. The maximum Gasteiger partial charge on any atom is 0.151 e. The van der Waals surface area contributed by atoms with Crippen molar-refractivity contribution >= 4 is 21.7 Å². The van der Waals surface area contributed by atoms with Gasteiger partial charge in [-0.05, 0) is 37.1 Å². The van der Waals surface area contributed by atoms with E-state index in [0.717, 1.165) is 36.2 Å². The number of Topliss-reactive ketones (excluding diaryl/α,β-unsaturated/α-hetero) is 1. The van der Waals surface area contributed by atoms with Crippen LogP contribution in [0.2, 0.25) is 0 Å². The summed E-state index contributed by atoms with van der Waals surface area (Å²) in [5.41, 5.74) is 2.30. The minimum absolute atomic E-state index is 0.107. The molecule has 0 radical (unpaired) electrons. The Bertz CT molecular complexity index is 441. The second-order valence-corrected chi connectivity index (χ2v) is 5.72. The summed E-state index contributed by atoms with van der Waals surface area (Å²) in [5.74, 6) is 0.220. The maximum absolute atomic E-state index is 12.0. The SMILES string of the molecule is CC(=O)C(c1cc(Br)ccc1C)N1CCNCC1. The van der Waals surface area contributed by atoms with Crippen LogP contribution in [0.25, 0.3) is 0 Å². The molecule has 1 unspecified atom stereocenters. The van der Waals surface area contributed by atoms with Gasteiger partial charge in [0.2, 0.25) is 0 Å². The van der Waals surface area contributed by atoms with Crippen LogP contribution in [0.5, 0.6) is 0 Å². The molecule has 1 heterocycles. The summed E-state index contributed by atoms with van der Waals surface area (Å²) in [5, 5.41) is 3.32. The number of piperazine rings is 1. The second-order valence-electron chi connectivity index (χ2n) is 4.80. The van der Waals surface area contributed by atoms with Gasteiger partial charge in [0.1, 0.15) is 0 Å². The quantitative estimate of drug-likeness (QED) is 0.929. The number of ketones is 1. The molecule has 98 valence electrons. The molecule has 1 atom stereocenters. The van der Waals surface area contributed by atoms with Gasteiger partial charge in [-0.25, -0.2) is 0 Å². The van der Waals surface area contributed by atoms with Crippen molar-refractivity contribution in [2.24, 2.45) is 0 Å². The van der Waals surface area contributed by atoms with Crippen LogP contribution in [0.1, 0.15) is 24.1 Å². The van der Waals surface area contributed by atoms with E-state index in [0.29, 0.717) is 0 Å². The van der Waals surface area contributed by atoms with Gasteiger partial charge in [-0.1, -0.05) is 22.0 Å². The average molecular weight is 311 g/mol. The van der Waals surface area contributed by atoms with Crippen LogP contribution < -0.4 is 5.32 Å². The van der Waals surface area contributed by atoms with E-state index in [-0.39, 0.29) is 11.8 Å². The van der Waals surface area contributed by atoms with Crippen molar-refractivity contribution in [3.8, 4) is 0 Å². The Morgan fingerprint density at radius 1 is 1.39 bits per heavy atom. The third kappa shape index (κ3) is 2.99. The average Bonchev–Trinajstić information content (AvgIpc) is 2.35. The van der Waals surface area contributed by atoms with Crippen LogP contribution in [0.15, 0.2) is 22.7 Å². The van der Waals surface area contributed by atoms with E-state index in [9.17, 15) is 4.79 Å². The van der Waals surface area contributed by atoms with E-state index in [2.05, 4.69) is 45.2 Å². The Hall–Kier alpha value is -0.710. The monoisotopic (exact) mass is 310 g/mol. The van der Waals surface area contributed by atoms with Crippen molar-refractivity contribution in [2.75, 3.05) is 26.2 Å². The predicted molar refractivity (Wildman–Crippen MR) is 76.7 cm³/mol. The molecule has 1 aliphatic heterocycles. The topological polar surface area (TPSA) is 32.3 Å². The lowest BCUT2D eigenvalue weighted by Crippen LogP contribution is -2.47. The zero-order chi connectivity index (χ0) is 13.1. The first-order valence-electron chi connectivity index (χ1n) is 6.31. The lowest BCUT2D eigenvalue weighted by atomic mass is 9.96.